The summed E-state index contributed by atoms with van der Waals surface area (Å²) in [6.45, 7) is 6.78. The summed E-state index contributed by atoms with van der Waals surface area (Å²) in [6, 6.07) is 14.5. The lowest BCUT2D eigenvalue weighted by Crippen LogP contribution is -2.63. The molecule has 8 heteroatoms. The van der Waals surface area contributed by atoms with Crippen LogP contribution < -0.4 is 20.0 Å². The van der Waals surface area contributed by atoms with Crippen LogP contribution in [0.5, 0.6) is 5.75 Å². The number of hydrogen-bond acceptors (Lipinski definition) is 7. The molecule has 2 bridgehead atoms. The Morgan fingerprint density at radius 3 is 2.03 bits per heavy atom. The Kier molecular flexibility index (Phi) is 5.52. The third kappa shape index (κ3) is 4.42. The van der Waals surface area contributed by atoms with Gasteiger partial charge in [-0.15, -0.1) is 0 Å². The number of carbonyl (C=O) groups excluding carboxylic acids is 2. The Morgan fingerprint density at radius 1 is 1.00 bits per heavy atom. The summed E-state index contributed by atoms with van der Waals surface area (Å²) in [7, 11) is 3.88. The Balaban J connectivity index is 2.09. The van der Waals surface area contributed by atoms with Gasteiger partial charge in [0.05, 0.1) is 0 Å². The Morgan fingerprint density at radius 2 is 1.53 bits per heavy atom. The average Bonchev–Trinajstić information content (AvgIpc) is 2.72. The van der Waals surface area contributed by atoms with Crippen LogP contribution >= 0.6 is 0 Å². The molecule has 0 radical (unpaired) electrons. The van der Waals surface area contributed by atoms with Crippen LogP contribution in [0.15, 0.2) is 48.5 Å². The summed E-state index contributed by atoms with van der Waals surface area (Å²) >= 11 is 0. The number of nitrogens with one attached hydrogen (secondary N) is 1. The molecule has 8 nitrogen and oxygen atoms in total. The fourth-order valence-electron chi connectivity index (χ4n) is 3.08. The topological polar surface area (TPSA) is 80.3 Å². The van der Waals surface area contributed by atoms with E-state index in [4.69, 9.17) is 14.5 Å². The van der Waals surface area contributed by atoms with E-state index in [2.05, 4.69) is 5.32 Å². The minimum Gasteiger partial charge on any atom is -0.444 e. The quantitative estimate of drug-likeness (QED) is 0.762. The number of nitrogens with zero attached hydrogens (tertiary/aromatic N) is 2. The Labute approximate surface area is 176 Å². The van der Waals surface area contributed by atoms with Crippen molar-refractivity contribution in [2.24, 2.45) is 0 Å². The van der Waals surface area contributed by atoms with Crippen LogP contribution in [0.3, 0.4) is 0 Å². The zero-order valence-electron chi connectivity index (χ0n) is 18.1. The molecule has 2 aliphatic heterocycles. The van der Waals surface area contributed by atoms with E-state index < -0.39 is 23.3 Å². The molecule has 1 N–H and O–H groups in total. The largest absolute Gasteiger partial charge is 0.444 e. The normalized spacial score (nSPS) is 18.5. The van der Waals surface area contributed by atoms with Crippen LogP contribution in [-0.2, 0) is 14.4 Å². The average molecular weight is 413 g/mol. The molecule has 30 heavy (non-hydrogen) atoms. The van der Waals surface area contributed by atoms with E-state index in [1.54, 1.807) is 56.9 Å². The van der Waals surface area contributed by atoms with Crippen molar-refractivity contribution in [1.29, 1.82) is 0 Å². The van der Waals surface area contributed by atoms with Crippen molar-refractivity contribution in [2.45, 2.75) is 39.0 Å². The predicted molar refractivity (Wildman–Crippen MR) is 114 cm³/mol. The van der Waals surface area contributed by atoms with Crippen LogP contribution in [0.2, 0.25) is 0 Å². The Hall–Kier alpha value is -3.42. The molecule has 2 aromatic rings. The number of benzene rings is 2. The first-order valence-electron chi connectivity index (χ1n) is 9.57. The fourth-order valence-corrected chi connectivity index (χ4v) is 3.08. The number of carbonyl (C=O) groups is 2. The van der Waals surface area contributed by atoms with Crippen LogP contribution in [-0.4, -0.2) is 37.4 Å². The second kappa shape index (κ2) is 7.78. The second-order valence-electron chi connectivity index (χ2n) is 8.39. The predicted octanol–water partition coefficient (Wildman–Crippen LogP) is 3.98. The molecule has 0 fully saturated rings. The monoisotopic (exact) mass is 413 g/mol. The lowest BCUT2D eigenvalue weighted by molar-refractivity contribution is -0.220. The highest BCUT2D eigenvalue weighted by atomic mass is 17.2. The molecule has 2 aliphatic rings. The molecule has 0 saturated heterocycles. The maximum absolute atomic E-state index is 13.1. The number of alkyl carbamates (subject to hydrolysis) is 1. The number of ether oxygens (including phenoxy) is 1. The highest BCUT2D eigenvalue weighted by Crippen LogP contribution is 2.36. The first kappa shape index (κ1) is 21.3. The van der Waals surface area contributed by atoms with Crippen molar-refractivity contribution >= 4 is 29.1 Å². The summed E-state index contributed by atoms with van der Waals surface area (Å²) in [4.78, 5) is 39.5. The van der Waals surface area contributed by atoms with Gasteiger partial charge in [-0.25, -0.2) is 14.5 Å². The molecule has 2 heterocycles. The number of rotatable bonds is 3. The van der Waals surface area contributed by atoms with E-state index >= 15 is 0 Å². The molecular weight excluding hydrogens is 386 g/mol. The molecule has 1 atom stereocenters. The summed E-state index contributed by atoms with van der Waals surface area (Å²) in [5.74, 6) is -0.427. The highest BCUT2D eigenvalue weighted by Gasteiger charge is 2.47. The molecular formula is C22H27N3O5. The van der Waals surface area contributed by atoms with E-state index in [9.17, 15) is 9.59 Å². The van der Waals surface area contributed by atoms with Gasteiger partial charge < -0.3 is 14.5 Å². The molecule has 0 saturated carbocycles. The third-order valence-electron chi connectivity index (χ3n) is 4.52. The standard InChI is InChI=1S/C22H27N3O5/c1-21(2,3)28-20(27)23-22(4)19(26)30-29-18-13-11-17(12-14-18)25(22)16-9-7-15(8-10-16)24(5)6/h7-14H,1-6H3,(H,23,27)/t22-/m1/s1. The van der Waals surface area contributed by atoms with Gasteiger partial charge in [-0.2, -0.15) is 0 Å². The molecule has 0 spiro atoms. The number of anilines is 3. The zero-order chi connectivity index (χ0) is 22.1. The van der Waals surface area contributed by atoms with Gasteiger partial charge in [-0.1, -0.05) is 0 Å². The van der Waals surface area contributed by atoms with E-state index in [-0.39, 0.29) is 0 Å². The lowest BCUT2D eigenvalue weighted by atomic mass is 10.1. The Bertz CT molecular complexity index is 919. The van der Waals surface area contributed by atoms with Crippen LogP contribution in [0.4, 0.5) is 21.9 Å². The van der Waals surface area contributed by atoms with Gasteiger partial charge in [-0.05, 0) is 76.2 Å². The minimum atomic E-state index is -1.65. The van der Waals surface area contributed by atoms with Crippen LogP contribution in [0.25, 0.3) is 0 Å². The van der Waals surface area contributed by atoms with Gasteiger partial charge >= 0.3 is 12.1 Å². The van der Waals surface area contributed by atoms with E-state index in [1.165, 1.54) is 0 Å². The highest BCUT2D eigenvalue weighted by molar-refractivity contribution is 5.92. The van der Waals surface area contributed by atoms with Crippen molar-refractivity contribution in [3.63, 3.8) is 0 Å². The lowest BCUT2D eigenvalue weighted by Gasteiger charge is -2.40. The first-order valence-corrected chi connectivity index (χ1v) is 9.57. The van der Waals surface area contributed by atoms with Gasteiger partial charge in [0.2, 0.25) is 5.66 Å². The number of amides is 1. The summed E-state index contributed by atoms with van der Waals surface area (Å²) < 4.78 is 5.39. The molecule has 0 aliphatic carbocycles. The second-order valence-corrected chi connectivity index (χ2v) is 8.39. The molecule has 0 unspecified atom stereocenters. The van der Waals surface area contributed by atoms with E-state index in [0.29, 0.717) is 17.1 Å². The van der Waals surface area contributed by atoms with Crippen LogP contribution in [0, 0.1) is 0 Å². The fraction of sp³-hybridized carbons (Fsp3) is 0.364. The van der Waals surface area contributed by atoms with Crippen molar-refractivity contribution in [1.82, 2.24) is 5.32 Å². The van der Waals surface area contributed by atoms with Gasteiger partial charge in [0.15, 0.2) is 5.75 Å². The molecule has 4 rings (SSSR count). The maximum Gasteiger partial charge on any atom is 0.409 e. The smallest absolute Gasteiger partial charge is 0.409 e. The molecule has 1 amide bonds. The zero-order valence-corrected chi connectivity index (χ0v) is 18.1. The van der Waals surface area contributed by atoms with Crippen molar-refractivity contribution < 1.29 is 24.1 Å². The summed E-state index contributed by atoms with van der Waals surface area (Å²) in [5.41, 5.74) is -0.0564. The van der Waals surface area contributed by atoms with E-state index in [1.807, 2.05) is 43.3 Å². The first-order chi connectivity index (χ1) is 14.0. The molecule has 160 valence electrons. The minimum absolute atomic E-state index is 0.372. The summed E-state index contributed by atoms with van der Waals surface area (Å²) in [5, 5.41) is 2.67. The number of fused-ring (bicyclic) bond motifs is 6. The van der Waals surface area contributed by atoms with Crippen molar-refractivity contribution in [3.05, 3.63) is 48.5 Å². The third-order valence-corrected chi connectivity index (χ3v) is 4.52. The maximum atomic E-state index is 13.1. The van der Waals surface area contributed by atoms with Gasteiger partial charge in [0, 0.05) is 31.2 Å². The van der Waals surface area contributed by atoms with Crippen LogP contribution in [0.1, 0.15) is 27.7 Å². The number of hydrogen-bond donors (Lipinski definition) is 1. The van der Waals surface area contributed by atoms with Gasteiger partial charge in [-0.3, -0.25) is 10.2 Å². The SMILES string of the molecule is CN(C)c1ccc(N2c3ccc(cc3)OOC(=O)[C@]2(C)NC(=O)OC(C)(C)C)cc1. The molecule has 0 aromatic heterocycles. The van der Waals surface area contributed by atoms with Gasteiger partial charge in [0.1, 0.15) is 5.60 Å². The van der Waals surface area contributed by atoms with E-state index in [0.717, 1.165) is 5.69 Å². The van der Waals surface area contributed by atoms with Crippen molar-refractivity contribution in [2.75, 3.05) is 23.9 Å². The molecule has 2 aromatic carbocycles. The summed E-state index contributed by atoms with van der Waals surface area (Å²) in [6.07, 6.45) is -0.758. The van der Waals surface area contributed by atoms with Crippen molar-refractivity contribution in [3.8, 4) is 5.75 Å². The van der Waals surface area contributed by atoms with Gasteiger partial charge in [0.25, 0.3) is 0 Å².